The normalized spacial score (nSPS) is 8.83. The van der Waals surface area contributed by atoms with E-state index in [4.69, 9.17) is 10.8 Å². The van der Waals surface area contributed by atoms with Crippen LogP contribution in [0, 0.1) is 0 Å². The topological polar surface area (TPSA) is 92.3 Å². The molecule has 1 amide bonds. The Balaban J connectivity index is 0. The van der Waals surface area contributed by atoms with Crippen LogP contribution >= 0.6 is 0 Å². The number of amides is 1. The number of carboxylic acid groups (broad SMARTS) is 1. The summed E-state index contributed by atoms with van der Waals surface area (Å²) in [6.07, 6.45) is 5.84. The van der Waals surface area contributed by atoms with Crippen LogP contribution < -0.4 is 0 Å². The summed E-state index contributed by atoms with van der Waals surface area (Å²) in [5.74, 6) is -1.85. The van der Waals surface area contributed by atoms with E-state index in [1.807, 2.05) is 0 Å². The summed E-state index contributed by atoms with van der Waals surface area (Å²) in [5.41, 5.74) is 6.42. The minimum absolute atomic E-state index is 0.149. The average molecular weight is 363 g/mol. The van der Waals surface area contributed by atoms with E-state index >= 15 is 0 Å². The van der Waals surface area contributed by atoms with Gasteiger partial charge in [0.2, 0.25) is 0 Å². The third-order valence-electron chi connectivity index (χ3n) is 1.96. The van der Waals surface area contributed by atoms with Crippen molar-refractivity contribution in [3.8, 4) is 0 Å². The van der Waals surface area contributed by atoms with Gasteiger partial charge in [0.05, 0.1) is 0 Å². The van der Waals surface area contributed by atoms with Gasteiger partial charge in [-0.3, -0.25) is 4.79 Å². The number of carboxylic acids is 1. The number of carbonyl (C=O) groups is 2. The third-order valence-corrected chi connectivity index (χ3v) is 5.99. The summed E-state index contributed by atoms with van der Waals surface area (Å²) in [5, 5.41) is 11.0. The Morgan fingerprint density at radius 3 is 2.00 bits per heavy atom. The van der Waals surface area contributed by atoms with E-state index in [1.54, 1.807) is 8.87 Å². The van der Waals surface area contributed by atoms with Crippen LogP contribution in [0.2, 0.25) is 8.87 Å². The second-order valence-corrected chi connectivity index (χ2v) is 8.02. The molecule has 0 aromatic carbocycles. The quantitative estimate of drug-likeness (QED) is 0.504. The predicted octanol–water partition coefficient (Wildman–Crippen LogP) is 3.15. The van der Waals surface area contributed by atoms with Gasteiger partial charge in [-0.05, 0) is 6.54 Å². The molecule has 0 heterocycles. The summed E-state index contributed by atoms with van der Waals surface area (Å²) in [6, 6.07) is 0. The molecule has 0 atom stereocenters. The van der Waals surface area contributed by atoms with E-state index in [0.29, 0.717) is 0 Å². The largest absolute Gasteiger partial charge is 0.673 e. The van der Waals surface area contributed by atoms with E-state index in [1.165, 1.54) is 25.7 Å². The third kappa shape index (κ3) is 21.0. The van der Waals surface area contributed by atoms with Gasteiger partial charge in [0.25, 0.3) is 5.97 Å². The summed E-state index contributed by atoms with van der Waals surface area (Å²) in [4.78, 5) is 19.8. The van der Waals surface area contributed by atoms with Crippen LogP contribution in [0.5, 0.6) is 0 Å². The summed E-state index contributed by atoms with van der Waals surface area (Å²) < 4.78 is 3.25. The van der Waals surface area contributed by atoms with Gasteiger partial charge in [-0.2, -0.15) is 0 Å². The molecule has 0 fully saturated rings. The van der Waals surface area contributed by atoms with Gasteiger partial charge in [-0.25, -0.2) is 0 Å². The first-order chi connectivity index (χ1) is 8.58. The van der Waals surface area contributed by atoms with Gasteiger partial charge in [0.15, 0.2) is 0 Å². The molecule has 0 unspecified atom stereocenters. The molecule has 0 saturated carbocycles. The maximum atomic E-state index is 10.1. The number of unbranched alkanes of at least 4 members (excludes halogenated alkanes) is 2. The Morgan fingerprint density at radius 1 is 1.17 bits per heavy atom. The summed E-state index contributed by atoms with van der Waals surface area (Å²) >= 11 is 0.149. The molecule has 0 aliphatic carbocycles. The Labute approximate surface area is 120 Å². The number of hydrogen-bond acceptors (Lipinski definition) is 2. The van der Waals surface area contributed by atoms with Gasteiger partial charge in [-0.1, -0.05) is 0 Å². The number of carbonyl (C=O) groups excluding carboxylic acids is 1. The molecule has 6 heteroatoms. The molecule has 2 N–H and O–H groups in total. The molecule has 0 aliphatic heterocycles. The van der Waals surface area contributed by atoms with E-state index in [-0.39, 0.29) is 21.1 Å². The molecule has 5 nitrogen and oxygen atoms in total. The van der Waals surface area contributed by atoms with Crippen molar-refractivity contribution in [3.63, 3.8) is 0 Å². The van der Waals surface area contributed by atoms with Crippen LogP contribution in [0.4, 0.5) is 0 Å². The zero-order chi connectivity index (χ0) is 14.2. The maximum absolute atomic E-state index is 10.1. The fourth-order valence-electron chi connectivity index (χ4n) is 0.940. The molecule has 0 bridgehead atoms. The molecule has 0 aliphatic rings. The van der Waals surface area contributed by atoms with Crippen LogP contribution in [0.3, 0.4) is 0 Å². The van der Waals surface area contributed by atoms with Crippen LogP contribution in [0.1, 0.15) is 39.5 Å². The Bertz CT molecular complexity index is 207. The monoisotopic (exact) mass is 364 g/mol. The molecule has 0 rings (SSSR count). The minimum atomic E-state index is -1.16. The van der Waals surface area contributed by atoms with Crippen LogP contribution in [-0.2, 0) is 9.59 Å². The molecule has 0 aromatic heterocycles. The van der Waals surface area contributed by atoms with Crippen molar-refractivity contribution >= 4 is 33.0 Å². The molecule has 0 saturated heterocycles. The molecular formula is C12H24N2O3Sn. The smallest absolute Gasteiger partial charge is 0.285 e. The van der Waals surface area contributed by atoms with Crippen molar-refractivity contribution < 1.29 is 14.7 Å². The van der Waals surface area contributed by atoms with Gasteiger partial charge < -0.3 is 21.0 Å². The minimum Gasteiger partial charge on any atom is -0.673 e. The summed E-state index contributed by atoms with van der Waals surface area (Å²) in [7, 11) is 0. The van der Waals surface area contributed by atoms with Gasteiger partial charge in [0.1, 0.15) is 0 Å². The number of nitrogens with zero attached hydrogens (tertiary/aromatic N) is 1. The Morgan fingerprint density at radius 2 is 1.67 bits per heavy atom. The number of rotatable bonds is 9. The maximum Gasteiger partial charge on any atom is 0.285 e. The first-order valence-corrected chi connectivity index (χ1v) is 10.4. The van der Waals surface area contributed by atoms with Crippen molar-refractivity contribution in [3.05, 3.63) is 11.1 Å². The van der Waals surface area contributed by atoms with Gasteiger partial charge in [0, 0.05) is 5.91 Å². The second-order valence-electron chi connectivity index (χ2n) is 3.74. The molecule has 0 radical (unpaired) electrons. The fraction of sp³-hybridized carbons (Fsp3) is 0.833. The van der Waals surface area contributed by atoms with E-state index in [2.05, 4.69) is 19.2 Å². The van der Waals surface area contributed by atoms with E-state index < -0.39 is 25.0 Å². The standard InChI is InChI=1S/C4H7N2O3.2C4H9.Sn/c5-1-3(7)6-2-4(8)9;2*1-3-4-2;/h5H,1-2H2,(H2,6,7,8,9);2*1,3-4H2,2H3;/q-1;;;+2/p-1. The van der Waals surface area contributed by atoms with Crippen LogP contribution in [0.25, 0.3) is 11.1 Å². The van der Waals surface area contributed by atoms with Crippen molar-refractivity contribution in [2.45, 2.75) is 48.4 Å². The van der Waals surface area contributed by atoms with Crippen molar-refractivity contribution in [2.24, 2.45) is 0 Å². The zero-order valence-electron chi connectivity index (χ0n) is 11.4. The van der Waals surface area contributed by atoms with Crippen LogP contribution in [0.15, 0.2) is 0 Å². The van der Waals surface area contributed by atoms with Gasteiger partial charge in [-0.15, -0.1) is 6.54 Å². The molecule has 104 valence electrons. The number of nitrogens with one attached hydrogen (secondary N) is 1. The predicted molar refractivity (Wildman–Crippen MR) is 75.2 cm³/mol. The van der Waals surface area contributed by atoms with Crippen molar-refractivity contribution in [1.82, 2.24) is 0 Å². The average Bonchev–Trinajstić information content (AvgIpc) is 2.36. The molecule has 18 heavy (non-hydrogen) atoms. The second kappa shape index (κ2) is 16.7. The van der Waals surface area contributed by atoms with Crippen molar-refractivity contribution in [1.29, 1.82) is 0 Å². The zero-order valence-corrected chi connectivity index (χ0v) is 14.2. The Kier molecular flexibility index (Phi) is 18.6. The molecular weight excluding hydrogens is 339 g/mol. The van der Waals surface area contributed by atoms with Gasteiger partial charge >= 0.3 is 69.5 Å². The fourth-order valence-corrected chi connectivity index (χ4v) is 5.10. The SMILES string of the molecule is CCC[CH2][Sn+2][CH2]CCC.[NH-]CC(=O)[N-]CC(=O)O. The van der Waals surface area contributed by atoms with E-state index in [9.17, 15) is 9.59 Å². The summed E-state index contributed by atoms with van der Waals surface area (Å²) in [6.45, 7) is 3.57. The first-order valence-electron chi connectivity index (χ1n) is 6.35. The van der Waals surface area contributed by atoms with Crippen LogP contribution in [-0.4, -0.2) is 51.2 Å². The molecule has 0 aromatic rings. The number of aliphatic carboxylic acids is 1. The number of hydrogen-bond donors (Lipinski definition) is 1. The first kappa shape index (κ1) is 20.0. The Hall–Kier alpha value is -0.301. The van der Waals surface area contributed by atoms with E-state index in [0.717, 1.165) is 0 Å². The molecule has 0 spiro atoms. The van der Waals surface area contributed by atoms with Crippen molar-refractivity contribution in [2.75, 3.05) is 13.1 Å².